The highest BCUT2D eigenvalue weighted by Gasteiger charge is 2.26. The van der Waals surface area contributed by atoms with E-state index in [1.54, 1.807) is 0 Å². The zero-order chi connectivity index (χ0) is 28.2. The maximum absolute atomic E-state index is 13.6. The van der Waals surface area contributed by atoms with Crippen LogP contribution in [0.15, 0.2) is 72.9 Å². The third-order valence-corrected chi connectivity index (χ3v) is 9.73. The monoisotopic (exact) mass is 546 g/mol. The van der Waals surface area contributed by atoms with Gasteiger partial charge >= 0.3 is 0 Å². The van der Waals surface area contributed by atoms with Crippen LogP contribution in [0.2, 0.25) is 0 Å². The molecule has 0 aliphatic heterocycles. The lowest BCUT2D eigenvalue weighted by Gasteiger charge is -2.24. The van der Waals surface area contributed by atoms with E-state index >= 15 is 0 Å². The summed E-state index contributed by atoms with van der Waals surface area (Å²) in [7, 11) is 0. The Balaban J connectivity index is 1.43. The molecular weight excluding hydrogens is 500 g/mol. The molecule has 1 N–H and O–H groups in total. The number of nitrogens with one attached hydrogen (secondary N) is 1. The van der Waals surface area contributed by atoms with Crippen molar-refractivity contribution in [2.45, 2.75) is 103 Å². The Morgan fingerprint density at radius 1 is 0.854 bits per heavy atom. The molecule has 2 aliphatic carbocycles. The summed E-state index contributed by atoms with van der Waals surface area (Å²) in [6, 6.07) is 24.8. The number of hydrogen-bond acceptors (Lipinski definition) is 1. The average Bonchev–Trinajstić information content (AvgIpc) is 3.34. The Morgan fingerprint density at radius 3 is 2.37 bits per heavy atom. The number of benzene rings is 3. The molecule has 0 bridgehead atoms. The molecule has 2 aliphatic rings. The standard InChI is InChI=1S/C38H46N2O/c1-27-12-11-16-30(22-27)34(24-38(41)39-32-17-7-4-8-18-32)36-26-40(25-29-14-5-3-6-15-29)37-21-20-31(23-35(36)37)33-19-10-9-13-28(33)2/h9-13,16,19-23,26,29,32,34H,3-8,14-15,17-18,24-25H2,1-2H3,(H,39,41). The SMILES string of the molecule is Cc1cccc(C(CC(=O)NC2CCCCC2)c2cn(CC3CCCCC3)c3ccc(-c4ccccc4C)cc23)c1. The van der Waals surface area contributed by atoms with Crippen LogP contribution in [-0.2, 0) is 11.3 Å². The van der Waals surface area contributed by atoms with Gasteiger partial charge in [0.15, 0.2) is 0 Å². The van der Waals surface area contributed by atoms with Crippen molar-refractivity contribution in [2.75, 3.05) is 0 Å². The van der Waals surface area contributed by atoms with E-state index in [-0.39, 0.29) is 11.8 Å². The number of carbonyl (C=O) groups is 1. The largest absolute Gasteiger partial charge is 0.353 e. The summed E-state index contributed by atoms with van der Waals surface area (Å²) >= 11 is 0. The van der Waals surface area contributed by atoms with E-state index in [0.29, 0.717) is 12.5 Å². The van der Waals surface area contributed by atoms with Crippen molar-refractivity contribution in [1.29, 1.82) is 0 Å². The minimum atomic E-state index is 0.0146. The molecule has 0 saturated heterocycles. The van der Waals surface area contributed by atoms with Gasteiger partial charge in [-0.1, -0.05) is 98.7 Å². The zero-order valence-corrected chi connectivity index (χ0v) is 25.0. The third-order valence-electron chi connectivity index (χ3n) is 9.73. The molecule has 0 radical (unpaired) electrons. The van der Waals surface area contributed by atoms with Crippen molar-refractivity contribution in [3.63, 3.8) is 0 Å². The van der Waals surface area contributed by atoms with Crippen LogP contribution < -0.4 is 5.32 Å². The van der Waals surface area contributed by atoms with Crippen molar-refractivity contribution >= 4 is 16.8 Å². The first kappa shape index (κ1) is 27.8. The summed E-state index contributed by atoms with van der Waals surface area (Å²) in [5.41, 5.74) is 8.89. The molecule has 3 aromatic carbocycles. The molecule has 1 heterocycles. The summed E-state index contributed by atoms with van der Waals surface area (Å²) in [4.78, 5) is 13.6. The quantitative estimate of drug-likeness (QED) is 0.235. The predicted octanol–water partition coefficient (Wildman–Crippen LogP) is 9.48. The number of carbonyl (C=O) groups excluding carboxylic acids is 1. The van der Waals surface area contributed by atoms with Gasteiger partial charge in [-0.05, 0) is 85.4 Å². The van der Waals surface area contributed by atoms with Crippen LogP contribution in [0.25, 0.3) is 22.0 Å². The van der Waals surface area contributed by atoms with Gasteiger partial charge in [0.25, 0.3) is 0 Å². The van der Waals surface area contributed by atoms with Gasteiger partial charge in [-0.25, -0.2) is 0 Å². The maximum atomic E-state index is 13.6. The molecule has 4 aromatic rings. The Kier molecular flexibility index (Phi) is 8.60. The second-order valence-electron chi connectivity index (χ2n) is 12.9. The number of aryl methyl sites for hydroxylation is 2. The lowest BCUT2D eigenvalue weighted by Crippen LogP contribution is -2.36. The first-order valence-corrected chi connectivity index (χ1v) is 16.1. The lowest BCUT2D eigenvalue weighted by molar-refractivity contribution is -0.122. The van der Waals surface area contributed by atoms with Gasteiger partial charge < -0.3 is 9.88 Å². The van der Waals surface area contributed by atoms with Crippen LogP contribution in [0, 0.1) is 19.8 Å². The van der Waals surface area contributed by atoms with Crippen LogP contribution >= 0.6 is 0 Å². The van der Waals surface area contributed by atoms with E-state index < -0.39 is 0 Å². The first-order chi connectivity index (χ1) is 20.0. The van der Waals surface area contributed by atoms with E-state index in [1.807, 2.05) is 0 Å². The molecule has 0 spiro atoms. The summed E-state index contributed by atoms with van der Waals surface area (Å²) in [6.07, 6.45) is 15.6. The van der Waals surface area contributed by atoms with Crippen LogP contribution in [0.1, 0.15) is 98.8 Å². The molecule has 2 fully saturated rings. The Morgan fingerprint density at radius 2 is 1.61 bits per heavy atom. The molecule has 1 aromatic heterocycles. The van der Waals surface area contributed by atoms with Gasteiger partial charge in [0.05, 0.1) is 0 Å². The van der Waals surface area contributed by atoms with E-state index in [4.69, 9.17) is 0 Å². The number of amides is 1. The predicted molar refractivity (Wildman–Crippen MR) is 171 cm³/mol. The van der Waals surface area contributed by atoms with E-state index in [1.165, 1.54) is 95.7 Å². The number of rotatable bonds is 8. The summed E-state index contributed by atoms with van der Waals surface area (Å²) in [5, 5.41) is 4.71. The van der Waals surface area contributed by atoms with E-state index in [9.17, 15) is 4.79 Å². The fourth-order valence-electron chi connectivity index (χ4n) is 7.48. The van der Waals surface area contributed by atoms with Crippen molar-refractivity contribution in [3.05, 3.63) is 95.2 Å². The zero-order valence-electron chi connectivity index (χ0n) is 25.0. The van der Waals surface area contributed by atoms with Gasteiger partial charge in [0.1, 0.15) is 0 Å². The molecule has 1 atom stereocenters. The van der Waals surface area contributed by atoms with Crippen molar-refractivity contribution in [3.8, 4) is 11.1 Å². The first-order valence-electron chi connectivity index (χ1n) is 16.1. The van der Waals surface area contributed by atoms with Gasteiger partial charge in [-0.3, -0.25) is 4.79 Å². The Bertz CT molecular complexity index is 1490. The van der Waals surface area contributed by atoms with Gasteiger partial charge in [-0.15, -0.1) is 0 Å². The fraction of sp³-hybridized carbons (Fsp3) is 0.447. The average molecular weight is 547 g/mol. The van der Waals surface area contributed by atoms with Gasteiger partial charge in [0, 0.05) is 42.0 Å². The molecule has 2 saturated carbocycles. The molecule has 214 valence electrons. The minimum absolute atomic E-state index is 0.0146. The normalized spacial score (nSPS) is 17.5. The summed E-state index contributed by atoms with van der Waals surface area (Å²) in [6.45, 7) is 5.42. The number of aromatic nitrogens is 1. The fourth-order valence-corrected chi connectivity index (χ4v) is 7.48. The maximum Gasteiger partial charge on any atom is 0.221 e. The number of hydrogen-bond donors (Lipinski definition) is 1. The van der Waals surface area contributed by atoms with Gasteiger partial charge in [-0.2, -0.15) is 0 Å². The summed E-state index contributed by atoms with van der Waals surface area (Å²) in [5.74, 6) is 0.933. The highest BCUT2D eigenvalue weighted by Crippen LogP contribution is 2.39. The molecule has 3 heteroatoms. The molecular formula is C38H46N2O. The summed E-state index contributed by atoms with van der Waals surface area (Å²) < 4.78 is 2.52. The lowest BCUT2D eigenvalue weighted by atomic mass is 9.86. The number of fused-ring (bicyclic) bond motifs is 1. The van der Waals surface area contributed by atoms with Crippen LogP contribution in [0.4, 0.5) is 0 Å². The van der Waals surface area contributed by atoms with E-state index in [2.05, 4.69) is 96.7 Å². The van der Waals surface area contributed by atoms with Crippen molar-refractivity contribution < 1.29 is 4.79 Å². The molecule has 1 amide bonds. The molecule has 41 heavy (non-hydrogen) atoms. The highest BCUT2D eigenvalue weighted by atomic mass is 16.1. The van der Waals surface area contributed by atoms with Crippen molar-refractivity contribution in [2.24, 2.45) is 5.92 Å². The molecule has 3 nitrogen and oxygen atoms in total. The second-order valence-corrected chi connectivity index (χ2v) is 12.9. The Hall–Kier alpha value is -3.33. The van der Waals surface area contributed by atoms with Crippen LogP contribution in [0.5, 0.6) is 0 Å². The second kappa shape index (κ2) is 12.7. The molecule has 6 rings (SSSR count). The highest BCUT2D eigenvalue weighted by molar-refractivity contribution is 5.91. The van der Waals surface area contributed by atoms with Crippen LogP contribution in [0.3, 0.4) is 0 Å². The van der Waals surface area contributed by atoms with Crippen molar-refractivity contribution in [1.82, 2.24) is 9.88 Å². The van der Waals surface area contributed by atoms with Crippen LogP contribution in [-0.4, -0.2) is 16.5 Å². The topological polar surface area (TPSA) is 34.0 Å². The number of nitrogens with zero attached hydrogens (tertiary/aromatic N) is 1. The minimum Gasteiger partial charge on any atom is -0.353 e. The molecule has 1 unspecified atom stereocenters. The third kappa shape index (κ3) is 6.45. The van der Waals surface area contributed by atoms with Gasteiger partial charge in [0.2, 0.25) is 5.91 Å². The Labute approximate surface area is 246 Å². The smallest absolute Gasteiger partial charge is 0.221 e. The van der Waals surface area contributed by atoms with E-state index in [0.717, 1.165) is 25.3 Å².